The molecule has 0 aliphatic carbocycles. The summed E-state index contributed by atoms with van der Waals surface area (Å²) < 4.78 is 19.9. The molecule has 2 atom stereocenters. The molecule has 3 rings (SSSR count). The van der Waals surface area contributed by atoms with Crippen molar-refractivity contribution in [1.82, 2.24) is 20.4 Å². The van der Waals surface area contributed by atoms with Crippen molar-refractivity contribution in [3.63, 3.8) is 0 Å². The Balaban J connectivity index is 1.49. The number of ether oxygens (including phenoxy) is 1. The molecule has 1 fully saturated rings. The summed E-state index contributed by atoms with van der Waals surface area (Å²) >= 11 is 0. The highest BCUT2D eigenvalue weighted by molar-refractivity contribution is 5.74. The first-order valence-corrected chi connectivity index (χ1v) is 8.04. The van der Waals surface area contributed by atoms with Crippen molar-refractivity contribution < 1.29 is 13.9 Å². The van der Waals surface area contributed by atoms with Crippen LogP contribution in [0.2, 0.25) is 0 Å². The Hall–Kier alpha value is -2.41. The van der Waals surface area contributed by atoms with Crippen LogP contribution >= 0.6 is 0 Å². The van der Waals surface area contributed by atoms with Gasteiger partial charge in [-0.3, -0.25) is 0 Å². The predicted octanol–water partition coefficient (Wildman–Crippen LogP) is 2.24. The van der Waals surface area contributed by atoms with Crippen molar-refractivity contribution in [3.05, 3.63) is 48.0 Å². The van der Waals surface area contributed by atoms with Gasteiger partial charge in [-0.1, -0.05) is 0 Å². The quantitative estimate of drug-likeness (QED) is 0.882. The molecule has 7 heteroatoms. The summed E-state index contributed by atoms with van der Waals surface area (Å²) in [5.41, 5.74) is 1.49. The first-order valence-electron chi connectivity index (χ1n) is 8.04. The Morgan fingerprint density at radius 2 is 2.21 bits per heavy atom. The standard InChI is InChI=1S/C17H21FN4O2/c1-12(13-7-9-24-11-13)20-17(23)19-10-15-6-8-22(21-15)16-4-2-14(18)3-5-16/h2-6,8,12-13H,7,9-11H2,1H3,(H2,19,20,23)/t12-,13-/m1/s1. The van der Waals surface area contributed by atoms with Gasteiger partial charge in [0, 0.05) is 24.8 Å². The monoisotopic (exact) mass is 332 g/mol. The van der Waals surface area contributed by atoms with E-state index >= 15 is 0 Å². The number of carbonyl (C=O) groups excluding carboxylic acids is 1. The third-order valence-electron chi connectivity index (χ3n) is 4.20. The van der Waals surface area contributed by atoms with Gasteiger partial charge in [-0.15, -0.1) is 0 Å². The number of hydrogen-bond acceptors (Lipinski definition) is 3. The van der Waals surface area contributed by atoms with Crippen LogP contribution in [0.4, 0.5) is 9.18 Å². The van der Waals surface area contributed by atoms with Crippen molar-refractivity contribution in [2.75, 3.05) is 13.2 Å². The summed E-state index contributed by atoms with van der Waals surface area (Å²) in [7, 11) is 0. The summed E-state index contributed by atoms with van der Waals surface area (Å²) in [5.74, 6) is 0.0830. The lowest BCUT2D eigenvalue weighted by atomic mass is 10.0. The van der Waals surface area contributed by atoms with Crippen LogP contribution in [0.25, 0.3) is 5.69 Å². The fraction of sp³-hybridized carbons (Fsp3) is 0.412. The van der Waals surface area contributed by atoms with Gasteiger partial charge >= 0.3 is 6.03 Å². The maximum atomic E-state index is 12.9. The van der Waals surface area contributed by atoms with Gasteiger partial charge in [0.25, 0.3) is 0 Å². The minimum absolute atomic E-state index is 0.0734. The van der Waals surface area contributed by atoms with Crippen molar-refractivity contribution >= 4 is 6.03 Å². The number of nitrogens with zero attached hydrogens (tertiary/aromatic N) is 2. The molecule has 0 saturated carbocycles. The molecule has 1 aliphatic heterocycles. The molecule has 24 heavy (non-hydrogen) atoms. The lowest BCUT2D eigenvalue weighted by Crippen LogP contribution is -2.44. The molecule has 2 heterocycles. The molecule has 0 radical (unpaired) electrons. The maximum Gasteiger partial charge on any atom is 0.315 e. The second-order valence-corrected chi connectivity index (χ2v) is 5.97. The van der Waals surface area contributed by atoms with Crippen LogP contribution < -0.4 is 10.6 Å². The Morgan fingerprint density at radius 1 is 1.42 bits per heavy atom. The van der Waals surface area contributed by atoms with E-state index in [-0.39, 0.29) is 17.9 Å². The summed E-state index contributed by atoms with van der Waals surface area (Å²) in [6.45, 7) is 3.78. The molecule has 2 aromatic rings. The fourth-order valence-corrected chi connectivity index (χ4v) is 2.69. The third-order valence-corrected chi connectivity index (χ3v) is 4.20. The van der Waals surface area contributed by atoms with E-state index in [4.69, 9.17) is 4.74 Å². The summed E-state index contributed by atoms with van der Waals surface area (Å²) in [6, 6.07) is 7.75. The number of urea groups is 1. The molecule has 1 aromatic carbocycles. The van der Waals surface area contributed by atoms with E-state index < -0.39 is 0 Å². The Kier molecular flexibility index (Phi) is 5.10. The first kappa shape index (κ1) is 16.4. The van der Waals surface area contributed by atoms with Gasteiger partial charge < -0.3 is 15.4 Å². The van der Waals surface area contributed by atoms with Crippen molar-refractivity contribution in [3.8, 4) is 5.69 Å². The Bertz CT molecular complexity index is 680. The SMILES string of the molecule is C[C@@H](NC(=O)NCc1ccn(-c2ccc(F)cc2)n1)[C@@H]1CCOC1. The minimum Gasteiger partial charge on any atom is -0.381 e. The predicted molar refractivity (Wildman–Crippen MR) is 87.3 cm³/mol. The first-order chi connectivity index (χ1) is 11.6. The molecule has 0 bridgehead atoms. The highest BCUT2D eigenvalue weighted by atomic mass is 19.1. The van der Waals surface area contributed by atoms with Crippen LogP contribution in [0.1, 0.15) is 19.0 Å². The van der Waals surface area contributed by atoms with E-state index in [1.807, 2.05) is 13.0 Å². The molecule has 2 amide bonds. The second-order valence-electron chi connectivity index (χ2n) is 5.97. The lowest BCUT2D eigenvalue weighted by molar-refractivity contribution is 0.178. The van der Waals surface area contributed by atoms with Crippen LogP contribution in [0, 0.1) is 11.7 Å². The molecule has 2 N–H and O–H groups in total. The largest absolute Gasteiger partial charge is 0.381 e. The van der Waals surface area contributed by atoms with E-state index in [0.29, 0.717) is 19.1 Å². The third kappa shape index (κ3) is 4.11. The van der Waals surface area contributed by atoms with E-state index in [9.17, 15) is 9.18 Å². The molecule has 1 aromatic heterocycles. The highest BCUT2D eigenvalue weighted by Gasteiger charge is 2.23. The summed E-state index contributed by atoms with van der Waals surface area (Å²) in [6.07, 6.45) is 2.75. The Morgan fingerprint density at radius 3 is 2.92 bits per heavy atom. The van der Waals surface area contributed by atoms with Crippen molar-refractivity contribution in [2.45, 2.75) is 25.9 Å². The number of hydrogen-bond donors (Lipinski definition) is 2. The average Bonchev–Trinajstić information content (AvgIpc) is 3.25. The number of aromatic nitrogens is 2. The van der Waals surface area contributed by atoms with E-state index in [1.165, 1.54) is 12.1 Å². The zero-order valence-electron chi connectivity index (χ0n) is 13.5. The lowest BCUT2D eigenvalue weighted by Gasteiger charge is -2.19. The van der Waals surface area contributed by atoms with Crippen LogP contribution in [-0.2, 0) is 11.3 Å². The van der Waals surface area contributed by atoms with Crippen molar-refractivity contribution in [2.24, 2.45) is 5.92 Å². The summed E-state index contributed by atoms with van der Waals surface area (Å²) in [4.78, 5) is 12.0. The fourth-order valence-electron chi connectivity index (χ4n) is 2.69. The molecule has 1 saturated heterocycles. The topological polar surface area (TPSA) is 68.2 Å². The normalized spacial score (nSPS) is 18.3. The van der Waals surface area contributed by atoms with Crippen LogP contribution in [0.15, 0.2) is 36.5 Å². The number of nitrogens with one attached hydrogen (secondary N) is 2. The number of rotatable bonds is 5. The molecular formula is C17H21FN4O2. The van der Waals surface area contributed by atoms with Gasteiger partial charge in [0.2, 0.25) is 0 Å². The second kappa shape index (κ2) is 7.44. The zero-order valence-corrected chi connectivity index (χ0v) is 13.5. The average molecular weight is 332 g/mol. The van der Waals surface area contributed by atoms with E-state index in [1.54, 1.807) is 23.0 Å². The molecule has 128 valence electrons. The smallest absolute Gasteiger partial charge is 0.315 e. The van der Waals surface area contributed by atoms with E-state index in [0.717, 1.165) is 24.4 Å². The molecule has 1 aliphatic rings. The van der Waals surface area contributed by atoms with Gasteiger partial charge in [-0.2, -0.15) is 5.10 Å². The number of halogens is 1. The van der Waals surface area contributed by atoms with E-state index in [2.05, 4.69) is 15.7 Å². The minimum atomic E-state index is -0.286. The van der Waals surface area contributed by atoms with Gasteiger partial charge in [0.15, 0.2) is 0 Å². The molecule has 0 spiro atoms. The number of carbonyl (C=O) groups is 1. The van der Waals surface area contributed by atoms with Gasteiger partial charge in [-0.25, -0.2) is 13.9 Å². The van der Waals surface area contributed by atoms with Gasteiger partial charge in [-0.05, 0) is 43.7 Å². The van der Waals surface area contributed by atoms with Crippen molar-refractivity contribution in [1.29, 1.82) is 0 Å². The van der Waals surface area contributed by atoms with Crippen LogP contribution in [0.5, 0.6) is 0 Å². The number of benzene rings is 1. The molecular weight excluding hydrogens is 311 g/mol. The zero-order chi connectivity index (χ0) is 16.9. The van der Waals surface area contributed by atoms with Crippen LogP contribution in [0.3, 0.4) is 0 Å². The highest BCUT2D eigenvalue weighted by Crippen LogP contribution is 2.16. The number of amides is 2. The van der Waals surface area contributed by atoms with Crippen LogP contribution in [-0.4, -0.2) is 35.1 Å². The molecule has 6 nitrogen and oxygen atoms in total. The Labute approximate surface area is 140 Å². The van der Waals surface area contributed by atoms with Gasteiger partial charge in [0.05, 0.1) is 24.5 Å². The summed E-state index contributed by atoms with van der Waals surface area (Å²) in [5, 5.41) is 10.1. The molecule has 0 unspecified atom stereocenters. The van der Waals surface area contributed by atoms with Gasteiger partial charge in [0.1, 0.15) is 5.82 Å². The maximum absolute atomic E-state index is 12.9.